The molecule has 2 rings (SSSR count). The van der Waals surface area contributed by atoms with Gasteiger partial charge in [0.2, 0.25) is 0 Å². The van der Waals surface area contributed by atoms with Crippen LogP contribution in [0.5, 0.6) is 0 Å². The van der Waals surface area contributed by atoms with Gasteiger partial charge in [0.25, 0.3) is 0 Å². The molecule has 1 saturated carbocycles. The lowest BCUT2D eigenvalue weighted by Gasteiger charge is -2.34. The first-order chi connectivity index (χ1) is 10.6. The number of hydrogen-bond donors (Lipinski definition) is 1. The van der Waals surface area contributed by atoms with Crippen molar-refractivity contribution < 1.29 is 9.50 Å². The number of nitriles is 1. The third kappa shape index (κ3) is 3.75. The quantitative estimate of drug-likeness (QED) is 0.794. The molecular weight excluding hydrogens is 281 g/mol. The smallest absolute Gasteiger partial charge is 0.120 e. The van der Waals surface area contributed by atoms with Crippen LogP contribution >= 0.6 is 0 Å². The summed E-state index contributed by atoms with van der Waals surface area (Å²) in [5.74, 6) is -0.237. The molecule has 2 aliphatic carbocycles. The Labute approximate surface area is 131 Å². The fourth-order valence-corrected chi connectivity index (χ4v) is 3.54. The van der Waals surface area contributed by atoms with E-state index < -0.39 is 11.7 Å². The van der Waals surface area contributed by atoms with Crippen molar-refractivity contribution in [1.82, 2.24) is 4.90 Å². The number of aliphatic imine (C=N–C) groups is 1. The van der Waals surface area contributed by atoms with Crippen LogP contribution in [-0.2, 0) is 0 Å². The Morgan fingerprint density at radius 3 is 2.86 bits per heavy atom. The fourth-order valence-electron chi connectivity index (χ4n) is 3.54. The summed E-state index contributed by atoms with van der Waals surface area (Å²) >= 11 is 0. The minimum atomic E-state index is -0.723. The van der Waals surface area contributed by atoms with Crippen LogP contribution in [0.4, 0.5) is 4.39 Å². The van der Waals surface area contributed by atoms with Gasteiger partial charge in [0.1, 0.15) is 11.7 Å². The summed E-state index contributed by atoms with van der Waals surface area (Å²) in [6.07, 6.45) is 6.09. The zero-order valence-corrected chi connectivity index (χ0v) is 13.1. The van der Waals surface area contributed by atoms with E-state index in [0.717, 1.165) is 37.9 Å². The molecule has 0 aliphatic heterocycles. The van der Waals surface area contributed by atoms with Crippen LogP contribution in [0.25, 0.3) is 0 Å². The van der Waals surface area contributed by atoms with Gasteiger partial charge in [0, 0.05) is 32.3 Å². The molecular formula is C17H24FN3O. The van der Waals surface area contributed by atoms with Crippen LogP contribution < -0.4 is 0 Å². The van der Waals surface area contributed by atoms with E-state index in [-0.39, 0.29) is 6.61 Å². The van der Waals surface area contributed by atoms with E-state index in [1.54, 1.807) is 0 Å². The molecule has 0 saturated heterocycles. The van der Waals surface area contributed by atoms with Crippen molar-refractivity contribution >= 4 is 6.72 Å². The van der Waals surface area contributed by atoms with Crippen molar-refractivity contribution in [3.63, 3.8) is 0 Å². The Hall–Kier alpha value is -1.67. The van der Waals surface area contributed by atoms with Gasteiger partial charge >= 0.3 is 0 Å². The Morgan fingerprint density at radius 2 is 2.23 bits per heavy atom. The van der Waals surface area contributed by atoms with Gasteiger partial charge in [-0.25, -0.2) is 4.39 Å². The summed E-state index contributed by atoms with van der Waals surface area (Å²) in [7, 11) is 1.97. The Balaban J connectivity index is 2.08. The van der Waals surface area contributed by atoms with E-state index in [0.29, 0.717) is 24.0 Å². The molecule has 0 bridgehead atoms. The molecule has 0 aromatic heterocycles. The van der Waals surface area contributed by atoms with Crippen LogP contribution in [0.2, 0.25) is 0 Å². The van der Waals surface area contributed by atoms with Crippen molar-refractivity contribution in [3.8, 4) is 6.07 Å². The summed E-state index contributed by atoms with van der Waals surface area (Å²) < 4.78 is 13.7. The minimum Gasteiger partial charge on any atom is -0.396 e. The first kappa shape index (κ1) is 16.7. The third-order valence-electron chi connectivity index (χ3n) is 4.77. The van der Waals surface area contributed by atoms with Gasteiger partial charge < -0.3 is 10.0 Å². The summed E-state index contributed by atoms with van der Waals surface area (Å²) in [6.45, 7) is 4.62. The Morgan fingerprint density at radius 1 is 1.50 bits per heavy atom. The largest absolute Gasteiger partial charge is 0.396 e. The molecule has 0 aromatic carbocycles. The summed E-state index contributed by atoms with van der Waals surface area (Å²) in [6, 6.07) is 2.00. The van der Waals surface area contributed by atoms with Crippen molar-refractivity contribution in [3.05, 3.63) is 23.3 Å². The number of hydrogen-bond acceptors (Lipinski definition) is 4. The predicted octanol–water partition coefficient (Wildman–Crippen LogP) is 3.03. The van der Waals surface area contributed by atoms with Crippen molar-refractivity contribution in [2.24, 2.45) is 22.7 Å². The van der Waals surface area contributed by atoms with E-state index in [9.17, 15) is 9.50 Å². The normalized spacial score (nSPS) is 28.8. The molecule has 0 spiro atoms. The average molecular weight is 305 g/mol. The molecule has 0 amide bonds. The summed E-state index contributed by atoms with van der Waals surface area (Å²) in [5.41, 5.74) is 1.41. The molecule has 1 fully saturated rings. The summed E-state index contributed by atoms with van der Waals surface area (Å²) in [4.78, 5) is 6.00. The van der Waals surface area contributed by atoms with Gasteiger partial charge in [-0.05, 0) is 43.9 Å². The molecule has 1 N–H and O–H groups in total. The second-order valence-corrected chi connectivity index (χ2v) is 6.37. The van der Waals surface area contributed by atoms with E-state index in [1.807, 2.05) is 13.1 Å². The average Bonchev–Trinajstić information content (AvgIpc) is 2.54. The molecule has 2 aliphatic rings. The Bertz CT molecular complexity index is 520. The molecule has 120 valence electrons. The molecule has 4 nitrogen and oxygen atoms in total. The van der Waals surface area contributed by atoms with Gasteiger partial charge in [-0.3, -0.25) is 4.99 Å². The highest BCUT2D eigenvalue weighted by Crippen LogP contribution is 2.34. The Kier molecular flexibility index (Phi) is 5.73. The highest BCUT2D eigenvalue weighted by atomic mass is 19.1. The standard InChI is InChI=1S/C17H24FN3O/c1-20-16-8-15(18)14(9-19)7-17(16)21(2)10-12-4-3-5-13(6-12)11-22/h8,12-14,22H,1,3-7,10-11H2,2H3. The predicted molar refractivity (Wildman–Crippen MR) is 84.6 cm³/mol. The maximum atomic E-state index is 13.7. The highest BCUT2D eigenvalue weighted by molar-refractivity contribution is 5.40. The molecule has 0 radical (unpaired) electrons. The monoisotopic (exact) mass is 305 g/mol. The van der Waals surface area contributed by atoms with E-state index in [1.165, 1.54) is 6.08 Å². The van der Waals surface area contributed by atoms with Gasteiger partial charge in [-0.1, -0.05) is 6.42 Å². The molecule has 3 unspecified atom stereocenters. The van der Waals surface area contributed by atoms with Crippen molar-refractivity contribution in [2.45, 2.75) is 32.1 Å². The lowest BCUT2D eigenvalue weighted by atomic mass is 9.81. The van der Waals surface area contributed by atoms with E-state index in [2.05, 4.69) is 16.6 Å². The first-order valence-electron chi connectivity index (χ1n) is 7.87. The number of aliphatic hydroxyl groups excluding tert-OH is 1. The van der Waals surface area contributed by atoms with E-state index in [4.69, 9.17) is 5.26 Å². The maximum Gasteiger partial charge on any atom is 0.120 e. The van der Waals surface area contributed by atoms with Gasteiger partial charge in [0.05, 0.1) is 11.8 Å². The second-order valence-electron chi connectivity index (χ2n) is 6.37. The van der Waals surface area contributed by atoms with Crippen LogP contribution in [0.15, 0.2) is 28.3 Å². The molecule has 5 heteroatoms. The first-order valence-corrected chi connectivity index (χ1v) is 7.87. The van der Waals surface area contributed by atoms with Crippen LogP contribution in [0.3, 0.4) is 0 Å². The second kappa shape index (κ2) is 7.55. The van der Waals surface area contributed by atoms with Gasteiger partial charge in [-0.2, -0.15) is 5.26 Å². The van der Waals surface area contributed by atoms with Crippen LogP contribution in [-0.4, -0.2) is 36.9 Å². The van der Waals surface area contributed by atoms with Crippen molar-refractivity contribution in [2.75, 3.05) is 20.2 Å². The number of nitrogens with zero attached hydrogens (tertiary/aromatic N) is 3. The lowest BCUT2D eigenvalue weighted by molar-refractivity contribution is 0.145. The fraction of sp³-hybridized carbons (Fsp3) is 0.647. The van der Waals surface area contributed by atoms with Gasteiger partial charge in [0.15, 0.2) is 0 Å². The number of halogens is 1. The van der Waals surface area contributed by atoms with Crippen LogP contribution in [0.1, 0.15) is 32.1 Å². The molecule has 22 heavy (non-hydrogen) atoms. The zero-order chi connectivity index (χ0) is 16.1. The number of allylic oxidation sites excluding steroid dienone is 3. The number of aliphatic hydroxyl groups is 1. The van der Waals surface area contributed by atoms with E-state index >= 15 is 0 Å². The topological polar surface area (TPSA) is 59.6 Å². The summed E-state index contributed by atoms with van der Waals surface area (Å²) in [5, 5.41) is 18.4. The molecule has 0 heterocycles. The minimum absolute atomic E-state index is 0.257. The zero-order valence-electron chi connectivity index (χ0n) is 13.1. The molecule has 3 atom stereocenters. The highest BCUT2D eigenvalue weighted by Gasteiger charge is 2.28. The molecule has 0 aromatic rings. The SMILES string of the molecule is C=NC1=C(N(C)CC2CCCC(CO)C2)CC(C#N)C(F)=C1. The maximum absolute atomic E-state index is 13.7. The lowest BCUT2D eigenvalue weighted by Crippen LogP contribution is -2.31. The van der Waals surface area contributed by atoms with Crippen LogP contribution in [0, 0.1) is 29.1 Å². The number of rotatable bonds is 5. The third-order valence-corrected chi connectivity index (χ3v) is 4.77. The van der Waals surface area contributed by atoms with Gasteiger partial charge in [-0.15, -0.1) is 0 Å². The van der Waals surface area contributed by atoms with Crippen molar-refractivity contribution in [1.29, 1.82) is 5.26 Å².